The van der Waals surface area contributed by atoms with E-state index in [9.17, 15) is 18.0 Å². The molecule has 0 spiro atoms. The van der Waals surface area contributed by atoms with Crippen LogP contribution in [0.3, 0.4) is 0 Å². The van der Waals surface area contributed by atoms with Gasteiger partial charge in [0.25, 0.3) is 10.0 Å². The summed E-state index contributed by atoms with van der Waals surface area (Å²) in [5.41, 5.74) is 3.47. The lowest BCUT2D eigenvalue weighted by Crippen LogP contribution is -2.38. The largest absolute Gasteiger partial charge is 0.494 e. The van der Waals surface area contributed by atoms with Gasteiger partial charge in [-0.25, -0.2) is 8.42 Å². The smallest absolute Gasteiger partial charge is 0.264 e. The van der Waals surface area contributed by atoms with Crippen LogP contribution in [0.25, 0.3) is 0 Å². The fraction of sp³-hybridized carbons (Fsp3) is 0.286. The van der Waals surface area contributed by atoms with Gasteiger partial charge in [-0.1, -0.05) is 17.7 Å². The van der Waals surface area contributed by atoms with Gasteiger partial charge in [0.15, 0.2) is 0 Å². The van der Waals surface area contributed by atoms with E-state index in [0.717, 1.165) is 27.5 Å². The fourth-order valence-corrected chi connectivity index (χ4v) is 5.72. The lowest BCUT2D eigenvalue weighted by molar-refractivity contribution is -0.117. The third-order valence-corrected chi connectivity index (χ3v) is 7.96. The van der Waals surface area contributed by atoms with Crippen LogP contribution in [0, 0.1) is 13.8 Å². The van der Waals surface area contributed by atoms with Gasteiger partial charge in [-0.3, -0.25) is 13.9 Å². The minimum absolute atomic E-state index is 0.0900. The van der Waals surface area contributed by atoms with E-state index >= 15 is 0 Å². The van der Waals surface area contributed by atoms with Gasteiger partial charge in [0.05, 0.1) is 17.2 Å². The van der Waals surface area contributed by atoms with Crippen LogP contribution >= 0.6 is 0 Å². The summed E-state index contributed by atoms with van der Waals surface area (Å²) >= 11 is 0. The van der Waals surface area contributed by atoms with Gasteiger partial charge in [-0.05, 0) is 87.4 Å². The number of nitrogens with one attached hydrogen (secondary N) is 1. The number of sulfonamides is 1. The van der Waals surface area contributed by atoms with Crippen molar-refractivity contribution in [1.82, 2.24) is 0 Å². The van der Waals surface area contributed by atoms with Gasteiger partial charge in [-0.15, -0.1) is 0 Å². The van der Waals surface area contributed by atoms with Gasteiger partial charge in [0.1, 0.15) is 12.3 Å². The van der Waals surface area contributed by atoms with Crippen LogP contribution in [0.4, 0.5) is 17.1 Å². The zero-order valence-electron chi connectivity index (χ0n) is 21.2. The molecule has 194 valence electrons. The first-order valence-electron chi connectivity index (χ1n) is 12.2. The van der Waals surface area contributed by atoms with E-state index in [2.05, 4.69) is 5.32 Å². The van der Waals surface area contributed by atoms with Crippen molar-refractivity contribution in [3.05, 3.63) is 77.9 Å². The van der Waals surface area contributed by atoms with Crippen molar-refractivity contribution in [2.75, 3.05) is 34.2 Å². The number of nitrogens with zero attached hydrogens (tertiary/aromatic N) is 2. The van der Waals surface area contributed by atoms with E-state index in [1.165, 1.54) is 12.1 Å². The van der Waals surface area contributed by atoms with Crippen LogP contribution in [0.15, 0.2) is 71.6 Å². The maximum atomic E-state index is 13.6. The van der Waals surface area contributed by atoms with Gasteiger partial charge < -0.3 is 15.0 Å². The summed E-state index contributed by atoms with van der Waals surface area (Å²) in [6, 6.07) is 18.4. The highest BCUT2D eigenvalue weighted by molar-refractivity contribution is 7.92. The molecule has 0 bridgehead atoms. The van der Waals surface area contributed by atoms with Crippen LogP contribution in [0.5, 0.6) is 5.75 Å². The van der Waals surface area contributed by atoms with Crippen LogP contribution < -0.4 is 19.3 Å². The fourth-order valence-electron chi connectivity index (χ4n) is 4.30. The van der Waals surface area contributed by atoms with Crippen molar-refractivity contribution in [1.29, 1.82) is 0 Å². The zero-order valence-corrected chi connectivity index (χ0v) is 22.0. The number of aryl methyl sites for hydroxylation is 2. The topological polar surface area (TPSA) is 96.0 Å². The van der Waals surface area contributed by atoms with Crippen LogP contribution in [-0.4, -0.2) is 39.9 Å². The number of carbonyl (C=O) groups is 2. The predicted octanol–water partition coefficient (Wildman–Crippen LogP) is 4.66. The lowest BCUT2D eigenvalue weighted by Gasteiger charge is -2.24. The number of anilines is 3. The highest BCUT2D eigenvalue weighted by Gasteiger charge is 2.28. The van der Waals surface area contributed by atoms with Gasteiger partial charge in [0.2, 0.25) is 11.8 Å². The molecule has 8 nitrogen and oxygen atoms in total. The molecule has 0 saturated carbocycles. The van der Waals surface area contributed by atoms with Gasteiger partial charge >= 0.3 is 0 Å². The molecule has 1 N–H and O–H groups in total. The Labute approximate surface area is 217 Å². The number of hydrogen-bond donors (Lipinski definition) is 1. The Hall–Kier alpha value is -3.85. The summed E-state index contributed by atoms with van der Waals surface area (Å²) in [5, 5.41) is 2.80. The third kappa shape index (κ3) is 5.94. The average Bonchev–Trinajstić information content (AvgIpc) is 3.29. The molecule has 3 aromatic rings. The number of rotatable bonds is 9. The number of carbonyl (C=O) groups excluding carboxylic acids is 2. The first-order chi connectivity index (χ1) is 17.7. The molecule has 4 rings (SSSR count). The summed E-state index contributed by atoms with van der Waals surface area (Å²) in [4.78, 5) is 27.1. The first-order valence-corrected chi connectivity index (χ1v) is 13.7. The molecular formula is C28H31N3O5S. The highest BCUT2D eigenvalue weighted by atomic mass is 32.2. The van der Waals surface area contributed by atoms with Crippen LogP contribution in [0.2, 0.25) is 0 Å². The standard InChI is InChI=1S/C28H31N3O5S/c1-4-36-24-12-10-23(11-13-24)31(37(34,35)25-14-7-20(2)8-15-25)19-27(32)29-22-9-16-26(21(3)18-22)30-17-5-6-28(30)33/h7-16,18H,4-6,17,19H2,1-3H3,(H,29,32). The summed E-state index contributed by atoms with van der Waals surface area (Å²) < 4.78 is 33.8. The summed E-state index contributed by atoms with van der Waals surface area (Å²) in [6.45, 7) is 6.36. The van der Waals surface area contributed by atoms with E-state index in [-0.39, 0.29) is 10.8 Å². The molecular weight excluding hydrogens is 490 g/mol. The number of benzene rings is 3. The Morgan fingerprint density at radius 1 is 1.03 bits per heavy atom. The van der Waals surface area contributed by atoms with Crippen molar-refractivity contribution < 1.29 is 22.7 Å². The van der Waals surface area contributed by atoms with Crippen molar-refractivity contribution in [3.63, 3.8) is 0 Å². The molecule has 2 amide bonds. The van der Waals surface area contributed by atoms with E-state index in [1.54, 1.807) is 59.5 Å². The molecule has 1 saturated heterocycles. The van der Waals surface area contributed by atoms with Crippen molar-refractivity contribution >= 4 is 38.9 Å². The lowest BCUT2D eigenvalue weighted by atomic mass is 10.1. The quantitative estimate of drug-likeness (QED) is 0.442. The van der Waals surface area contributed by atoms with E-state index < -0.39 is 22.5 Å². The molecule has 1 aliphatic rings. The Morgan fingerprint density at radius 2 is 1.73 bits per heavy atom. The number of hydrogen-bond acceptors (Lipinski definition) is 5. The maximum absolute atomic E-state index is 13.6. The second-order valence-corrected chi connectivity index (χ2v) is 10.8. The average molecular weight is 522 g/mol. The minimum atomic E-state index is -4.03. The van der Waals surface area contributed by atoms with Crippen molar-refractivity contribution in [3.8, 4) is 5.75 Å². The molecule has 0 radical (unpaired) electrons. The monoisotopic (exact) mass is 521 g/mol. The molecule has 0 unspecified atom stereocenters. The molecule has 37 heavy (non-hydrogen) atoms. The molecule has 0 aromatic heterocycles. The van der Waals surface area contributed by atoms with E-state index in [1.807, 2.05) is 20.8 Å². The molecule has 1 aliphatic heterocycles. The van der Waals surface area contributed by atoms with Gasteiger partial charge in [0, 0.05) is 24.3 Å². The molecule has 1 heterocycles. The second-order valence-electron chi connectivity index (χ2n) is 8.95. The highest BCUT2D eigenvalue weighted by Crippen LogP contribution is 2.29. The Balaban J connectivity index is 1.58. The third-order valence-electron chi connectivity index (χ3n) is 6.18. The molecule has 0 aliphatic carbocycles. The second kappa shape index (κ2) is 11.0. The maximum Gasteiger partial charge on any atom is 0.264 e. The number of amides is 2. The molecule has 0 atom stereocenters. The normalized spacial score (nSPS) is 13.5. The van der Waals surface area contributed by atoms with Crippen LogP contribution in [0.1, 0.15) is 30.9 Å². The Bertz CT molecular complexity index is 1390. The molecule has 9 heteroatoms. The zero-order chi connectivity index (χ0) is 26.6. The first kappa shape index (κ1) is 26.2. The summed E-state index contributed by atoms with van der Waals surface area (Å²) in [6.07, 6.45) is 1.36. The minimum Gasteiger partial charge on any atom is -0.494 e. The van der Waals surface area contributed by atoms with Crippen molar-refractivity contribution in [2.45, 2.75) is 38.5 Å². The summed E-state index contributed by atoms with van der Waals surface area (Å²) in [7, 11) is -4.03. The Kier molecular flexibility index (Phi) is 7.83. The van der Waals surface area contributed by atoms with E-state index in [0.29, 0.717) is 36.7 Å². The number of ether oxygens (including phenoxy) is 1. The van der Waals surface area contributed by atoms with Crippen molar-refractivity contribution in [2.24, 2.45) is 0 Å². The molecule has 1 fully saturated rings. The van der Waals surface area contributed by atoms with Crippen LogP contribution in [-0.2, 0) is 19.6 Å². The van der Waals surface area contributed by atoms with E-state index in [4.69, 9.17) is 4.74 Å². The predicted molar refractivity (Wildman–Crippen MR) is 145 cm³/mol. The molecule has 3 aromatic carbocycles. The van der Waals surface area contributed by atoms with Gasteiger partial charge in [-0.2, -0.15) is 0 Å². The summed E-state index contributed by atoms with van der Waals surface area (Å²) in [5.74, 6) is 0.205. The Morgan fingerprint density at radius 3 is 2.32 bits per heavy atom. The SMILES string of the molecule is CCOc1ccc(N(CC(=O)Nc2ccc(N3CCCC3=O)c(C)c2)S(=O)(=O)c2ccc(C)cc2)cc1.